The van der Waals surface area contributed by atoms with E-state index in [2.05, 4.69) is 15.6 Å². The minimum Gasteiger partial charge on any atom is -0.465 e. The number of unbranched alkanes of at least 4 members (excludes halogenated alkanes) is 1. The number of nitrogens with one attached hydrogen (secondary N) is 1. The Bertz CT molecular complexity index is 1180. The van der Waals surface area contributed by atoms with Crippen LogP contribution in [-0.2, 0) is 20.8 Å². The van der Waals surface area contributed by atoms with Crippen LogP contribution in [0.3, 0.4) is 0 Å². The lowest BCUT2D eigenvalue weighted by Gasteiger charge is -2.41. The Labute approximate surface area is 226 Å². The number of hydrazine groups is 1. The summed E-state index contributed by atoms with van der Waals surface area (Å²) in [6, 6.07) is 3.38. The smallest absolute Gasteiger partial charge is 0.408 e. The van der Waals surface area contributed by atoms with Gasteiger partial charge in [0.2, 0.25) is 23.5 Å². The number of Topliss-reactive ketones (excluding diaryl/α,β-unsaturated/α-hetero) is 1. The average molecular weight is 546 g/mol. The highest BCUT2D eigenvalue weighted by molar-refractivity contribution is 6.38. The maximum atomic E-state index is 13.4. The van der Waals surface area contributed by atoms with E-state index in [-0.39, 0.29) is 43.5 Å². The first-order valence-corrected chi connectivity index (χ1v) is 13.2. The molecule has 0 aliphatic carbocycles. The fourth-order valence-electron chi connectivity index (χ4n) is 4.56. The van der Waals surface area contributed by atoms with Crippen molar-refractivity contribution in [1.29, 1.82) is 0 Å². The van der Waals surface area contributed by atoms with Gasteiger partial charge < -0.3 is 9.52 Å². The van der Waals surface area contributed by atoms with Crippen molar-refractivity contribution < 1.29 is 33.1 Å². The average Bonchev–Trinajstić information content (AvgIpc) is 3.35. The van der Waals surface area contributed by atoms with Crippen LogP contribution < -0.4 is 5.43 Å². The third-order valence-electron chi connectivity index (χ3n) is 6.74. The maximum absolute atomic E-state index is 13.4. The number of ketones is 1. The number of hydrogen-bond acceptors (Lipinski definition) is 7. The Morgan fingerprint density at radius 3 is 2.46 bits per heavy atom. The van der Waals surface area contributed by atoms with Crippen LogP contribution in [-0.4, -0.2) is 67.5 Å². The predicted octanol–water partition coefficient (Wildman–Crippen LogP) is 3.98. The molecule has 1 aromatic carbocycles. The summed E-state index contributed by atoms with van der Waals surface area (Å²) in [4.78, 5) is 52.3. The van der Waals surface area contributed by atoms with Gasteiger partial charge in [-0.3, -0.25) is 29.7 Å². The number of hydrogen-bond donors (Lipinski definition) is 2. The van der Waals surface area contributed by atoms with Gasteiger partial charge in [0.25, 0.3) is 0 Å². The lowest BCUT2D eigenvalue weighted by molar-refractivity contribution is -0.150. The molecule has 39 heavy (non-hydrogen) atoms. The molecule has 3 amide bonds. The molecule has 1 fully saturated rings. The zero-order chi connectivity index (χ0) is 28.7. The number of benzene rings is 1. The van der Waals surface area contributed by atoms with Gasteiger partial charge in [-0.25, -0.2) is 9.18 Å². The van der Waals surface area contributed by atoms with Crippen LogP contribution in [0.25, 0.3) is 11.5 Å². The van der Waals surface area contributed by atoms with Crippen molar-refractivity contribution >= 4 is 23.7 Å². The fourth-order valence-corrected chi connectivity index (χ4v) is 4.56. The van der Waals surface area contributed by atoms with Crippen LogP contribution >= 0.6 is 0 Å². The number of carboxylic acid groups (broad SMARTS) is 1. The molecule has 12 heteroatoms. The number of carbonyl (C=O) groups excluding carboxylic acids is 3. The van der Waals surface area contributed by atoms with E-state index in [0.717, 1.165) is 9.91 Å². The van der Waals surface area contributed by atoms with E-state index in [9.17, 15) is 28.7 Å². The first kappa shape index (κ1) is 29.7. The van der Waals surface area contributed by atoms with Gasteiger partial charge in [-0.15, -0.1) is 10.2 Å². The molecule has 1 aromatic heterocycles. The Morgan fingerprint density at radius 2 is 1.87 bits per heavy atom. The lowest BCUT2D eigenvalue weighted by Crippen LogP contribution is -2.59. The Kier molecular flexibility index (Phi) is 9.76. The first-order chi connectivity index (χ1) is 18.4. The summed E-state index contributed by atoms with van der Waals surface area (Å²) in [7, 11) is 0. The maximum Gasteiger partial charge on any atom is 0.408 e. The van der Waals surface area contributed by atoms with Gasteiger partial charge in [0, 0.05) is 31.0 Å². The summed E-state index contributed by atoms with van der Waals surface area (Å²) in [5.74, 6) is -2.39. The molecule has 2 N–H and O–H groups in total. The molecule has 1 aliphatic heterocycles. The second kappa shape index (κ2) is 12.8. The molecule has 11 nitrogen and oxygen atoms in total. The number of amides is 3. The quantitative estimate of drug-likeness (QED) is 0.403. The monoisotopic (exact) mass is 545 g/mol. The fraction of sp³-hybridized carbons (Fsp3) is 0.556. The lowest BCUT2D eigenvalue weighted by atomic mass is 9.82. The third-order valence-corrected chi connectivity index (χ3v) is 6.74. The molecule has 0 spiro atoms. The van der Waals surface area contributed by atoms with E-state index in [1.807, 2.05) is 27.7 Å². The number of rotatable bonds is 11. The molecule has 0 bridgehead atoms. The normalized spacial score (nSPS) is 15.5. The van der Waals surface area contributed by atoms with Gasteiger partial charge in [0.05, 0.1) is 0 Å². The van der Waals surface area contributed by atoms with Crippen molar-refractivity contribution in [2.45, 2.75) is 84.7 Å². The van der Waals surface area contributed by atoms with Crippen molar-refractivity contribution in [2.75, 3.05) is 6.54 Å². The topological polar surface area (TPSA) is 146 Å². The zero-order valence-corrected chi connectivity index (χ0v) is 22.8. The summed E-state index contributed by atoms with van der Waals surface area (Å²) >= 11 is 0. The van der Waals surface area contributed by atoms with E-state index in [1.54, 1.807) is 0 Å². The van der Waals surface area contributed by atoms with Crippen molar-refractivity contribution in [3.8, 4) is 11.5 Å². The second-order valence-electron chi connectivity index (χ2n) is 10.7. The first-order valence-electron chi connectivity index (χ1n) is 13.2. The highest BCUT2D eigenvalue weighted by Crippen LogP contribution is 2.31. The standard InChI is InChI=1S/C27H36FN5O6/c1-5-6-9-19(23(35)24(36)31-32-15-8-7-10-22(32)34)33(26(37)38)20(27(2,3)4)16-21-29-30-25(39-21)17-11-13-18(28)14-12-17/h11-14,19-20H,5-10,15-16H2,1-4H3,(H,31,36)(H,37,38)/t19-,20+/m0/s1. The van der Waals surface area contributed by atoms with Crippen molar-refractivity contribution in [3.63, 3.8) is 0 Å². The molecule has 1 saturated heterocycles. The molecular formula is C27H36FN5O6. The summed E-state index contributed by atoms with van der Waals surface area (Å²) in [6.07, 6.45) is 1.58. The van der Waals surface area contributed by atoms with Gasteiger partial charge in [-0.05, 0) is 48.9 Å². The number of carbonyl (C=O) groups is 4. The van der Waals surface area contributed by atoms with Crippen molar-refractivity contribution in [1.82, 2.24) is 25.5 Å². The van der Waals surface area contributed by atoms with Gasteiger partial charge in [0.15, 0.2) is 0 Å². The summed E-state index contributed by atoms with van der Waals surface area (Å²) in [5.41, 5.74) is 2.18. The van der Waals surface area contributed by atoms with Crippen LogP contribution in [0.15, 0.2) is 28.7 Å². The van der Waals surface area contributed by atoms with Crippen molar-refractivity contribution in [2.24, 2.45) is 5.41 Å². The Morgan fingerprint density at radius 1 is 1.18 bits per heavy atom. The van der Waals surface area contributed by atoms with Crippen LogP contribution in [0.2, 0.25) is 0 Å². The van der Waals surface area contributed by atoms with E-state index >= 15 is 0 Å². The van der Waals surface area contributed by atoms with E-state index in [1.165, 1.54) is 24.3 Å². The van der Waals surface area contributed by atoms with Gasteiger partial charge in [0.1, 0.15) is 11.9 Å². The number of piperidine rings is 1. The van der Waals surface area contributed by atoms with Gasteiger partial charge >= 0.3 is 12.0 Å². The molecule has 0 radical (unpaired) electrons. The molecule has 2 atom stereocenters. The molecular weight excluding hydrogens is 509 g/mol. The second-order valence-corrected chi connectivity index (χ2v) is 10.7. The summed E-state index contributed by atoms with van der Waals surface area (Å²) in [5, 5.41) is 19.5. The number of aromatic nitrogens is 2. The minimum absolute atomic E-state index is 0.0217. The molecule has 1 aliphatic rings. The van der Waals surface area contributed by atoms with Crippen molar-refractivity contribution in [3.05, 3.63) is 36.0 Å². The Hall–Kier alpha value is -3.83. The van der Waals surface area contributed by atoms with E-state index in [4.69, 9.17) is 4.42 Å². The number of nitrogens with zero attached hydrogens (tertiary/aromatic N) is 4. The summed E-state index contributed by atoms with van der Waals surface area (Å²) in [6.45, 7) is 7.64. The molecule has 2 aromatic rings. The Balaban J connectivity index is 1.90. The van der Waals surface area contributed by atoms with Crippen LogP contribution in [0, 0.1) is 11.2 Å². The van der Waals surface area contributed by atoms with E-state index in [0.29, 0.717) is 31.2 Å². The summed E-state index contributed by atoms with van der Waals surface area (Å²) < 4.78 is 19.1. The van der Waals surface area contributed by atoms with E-state index < -0.39 is 41.1 Å². The number of halogens is 1. The largest absolute Gasteiger partial charge is 0.465 e. The molecule has 0 unspecified atom stereocenters. The van der Waals surface area contributed by atoms with Crippen LogP contribution in [0.1, 0.15) is 72.1 Å². The zero-order valence-electron chi connectivity index (χ0n) is 22.8. The molecule has 2 heterocycles. The molecule has 0 saturated carbocycles. The molecule has 212 valence electrons. The van der Waals surface area contributed by atoms with Gasteiger partial charge in [-0.2, -0.15) is 0 Å². The van der Waals surface area contributed by atoms with Crippen LogP contribution in [0.5, 0.6) is 0 Å². The third kappa shape index (κ3) is 7.61. The molecule has 3 rings (SSSR count). The SMILES string of the molecule is CCCC[C@@H](C(=O)C(=O)NN1CCCCC1=O)N(C(=O)O)[C@H](Cc1nnc(-c2ccc(F)cc2)o1)C(C)(C)C. The van der Waals surface area contributed by atoms with Crippen LogP contribution in [0.4, 0.5) is 9.18 Å². The van der Waals surface area contributed by atoms with Gasteiger partial charge in [-0.1, -0.05) is 40.5 Å². The predicted molar refractivity (Wildman–Crippen MR) is 139 cm³/mol. The highest BCUT2D eigenvalue weighted by atomic mass is 19.1. The minimum atomic E-state index is -1.37. The highest BCUT2D eigenvalue weighted by Gasteiger charge is 2.43.